The van der Waals surface area contributed by atoms with Gasteiger partial charge in [-0.3, -0.25) is 9.78 Å². The third-order valence-corrected chi connectivity index (χ3v) is 7.17. The highest BCUT2D eigenvalue weighted by Crippen LogP contribution is 2.50. The lowest BCUT2D eigenvalue weighted by molar-refractivity contribution is 0.0944. The maximum absolute atomic E-state index is 14.5. The number of carbonyl (C=O) groups excluding carboxylic acids is 1. The first-order chi connectivity index (χ1) is 18.1. The van der Waals surface area contributed by atoms with Gasteiger partial charge in [0.2, 0.25) is 5.88 Å². The van der Waals surface area contributed by atoms with Gasteiger partial charge < -0.3 is 29.8 Å². The largest absolute Gasteiger partial charge is 0.492 e. The van der Waals surface area contributed by atoms with E-state index < -0.39 is 5.82 Å². The number of anilines is 2. The number of aromatic nitrogens is 3. The number of pyridine rings is 2. The molecule has 2 fully saturated rings. The number of hydrogen-bond donors (Lipinski definition) is 3. The molecule has 9 nitrogen and oxygen atoms in total. The van der Waals surface area contributed by atoms with Crippen LogP contribution < -0.4 is 20.1 Å². The standard InChI is InChI=1S/C27H24FN5O4/c1-35-26-16(28)3-2-4-18(26)30-25-21-23(15-11-19(15)31-27(21)34)33-24(25)14-7-9-29-17-5-6-20(32-22(14)17)37-13-8-10-36-12-13/h2-7,9,13,15,19,30,33H,8,10-12H2,1H3,(H,31,34)/t13-,15+,19-/m1/s1. The van der Waals surface area contributed by atoms with Crippen LogP contribution in [0.25, 0.3) is 22.3 Å². The van der Waals surface area contributed by atoms with Gasteiger partial charge in [-0.25, -0.2) is 9.37 Å². The Morgan fingerprint density at radius 3 is 2.97 bits per heavy atom. The van der Waals surface area contributed by atoms with Crippen molar-refractivity contribution in [2.24, 2.45) is 0 Å². The lowest BCUT2D eigenvalue weighted by Crippen LogP contribution is -2.31. The van der Waals surface area contributed by atoms with Crippen molar-refractivity contribution in [1.29, 1.82) is 0 Å². The topological polar surface area (TPSA) is 110 Å². The van der Waals surface area contributed by atoms with Gasteiger partial charge in [-0.1, -0.05) is 6.07 Å². The van der Waals surface area contributed by atoms with Crippen molar-refractivity contribution in [1.82, 2.24) is 20.3 Å². The molecule has 3 N–H and O–H groups in total. The highest BCUT2D eigenvalue weighted by atomic mass is 19.1. The quantitative estimate of drug-likeness (QED) is 0.362. The fraction of sp³-hybridized carbons (Fsp3) is 0.296. The molecule has 3 atom stereocenters. The predicted molar refractivity (Wildman–Crippen MR) is 134 cm³/mol. The van der Waals surface area contributed by atoms with Crippen LogP contribution in [0.1, 0.15) is 34.8 Å². The van der Waals surface area contributed by atoms with Crippen molar-refractivity contribution in [2.45, 2.75) is 30.9 Å². The van der Waals surface area contributed by atoms with Gasteiger partial charge in [0.25, 0.3) is 5.91 Å². The average Bonchev–Trinajstić information content (AvgIpc) is 3.30. The second kappa shape index (κ2) is 8.45. The van der Waals surface area contributed by atoms with E-state index in [0.717, 1.165) is 24.1 Å². The van der Waals surface area contributed by atoms with Crippen LogP contribution in [0.15, 0.2) is 42.6 Å². The summed E-state index contributed by atoms with van der Waals surface area (Å²) in [6, 6.07) is 10.3. The van der Waals surface area contributed by atoms with Gasteiger partial charge in [-0.05, 0) is 30.7 Å². The zero-order valence-corrected chi connectivity index (χ0v) is 20.0. The van der Waals surface area contributed by atoms with E-state index in [-0.39, 0.29) is 29.7 Å². The molecule has 4 aromatic rings. The zero-order chi connectivity index (χ0) is 25.1. The van der Waals surface area contributed by atoms with Crippen molar-refractivity contribution in [3.05, 3.63) is 59.7 Å². The Balaban J connectivity index is 1.39. The lowest BCUT2D eigenvalue weighted by atomic mass is 10.0. The summed E-state index contributed by atoms with van der Waals surface area (Å²) < 4.78 is 31.3. The third-order valence-electron chi connectivity index (χ3n) is 7.17. The summed E-state index contributed by atoms with van der Waals surface area (Å²) in [5.41, 5.74) is 5.04. The molecule has 10 heteroatoms. The zero-order valence-electron chi connectivity index (χ0n) is 20.0. The third kappa shape index (κ3) is 3.67. The van der Waals surface area contributed by atoms with E-state index in [1.807, 2.05) is 12.1 Å². The van der Waals surface area contributed by atoms with E-state index in [0.29, 0.717) is 52.8 Å². The number of H-pyrrole nitrogens is 1. The molecule has 1 amide bonds. The Labute approximate surface area is 211 Å². The first-order valence-electron chi connectivity index (χ1n) is 12.3. The smallest absolute Gasteiger partial charge is 0.255 e. The number of methoxy groups -OCH3 is 1. The van der Waals surface area contributed by atoms with E-state index in [2.05, 4.69) is 20.6 Å². The molecule has 3 aromatic heterocycles. The normalized spacial score (nSPS) is 21.8. The number of amides is 1. The minimum Gasteiger partial charge on any atom is -0.492 e. The van der Waals surface area contributed by atoms with E-state index in [9.17, 15) is 9.18 Å². The monoisotopic (exact) mass is 501 g/mol. The van der Waals surface area contributed by atoms with Crippen LogP contribution in [-0.4, -0.2) is 53.3 Å². The number of ether oxygens (including phenoxy) is 3. The first kappa shape index (κ1) is 22.1. The summed E-state index contributed by atoms with van der Waals surface area (Å²) in [5, 5.41) is 6.36. The minimum absolute atomic E-state index is 0.0453. The van der Waals surface area contributed by atoms with Gasteiger partial charge in [0.1, 0.15) is 11.6 Å². The molecule has 0 bridgehead atoms. The SMILES string of the molecule is COc1c(F)cccc1Nc1c(-c2ccnc3ccc(O[C@@H]4CCOC4)nc23)[nH]c2c1C(=O)N[C@@H]1C[C@H]21. The van der Waals surface area contributed by atoms with Crippen molar-refractivity contribution in [3.63, 3.8) is 0 Å². The number of fused-ring (bicyclic) bond motifs is 4. The van der Waals surface area contributed by atoms with E-state index in [1.165, 1.54) is 13.2 Å². The van der Waals surface area contributed by atoms with Gasteiger partial charge >= 0.3 is 0 Å². The number of para-hydroxylation sites is 1. The number of carbonyl (C=O) groups is 1. The summed E-state index contributed by atoms with van der Waals surface area (Å²) in [6.45, 7) is 1.20. The number of aromatic amines is 1. The van der Waals surface area contributed by atoms with E-state index >= 15 is 0 Å². The van der Waals surface area contributed by atoms with Crippen molar-refractivity contribution in [2.75, 3.05) is 25.6 Å². The van der Waals surface area contributed by atoms with Crippen LogP contribution in [0, 0.1) is 5.82 Å². The van der Waals surface area contributed by atoms with Gasteiger partial charge in [0.05, 0.1) is 48.5 Å². The van der Waals surface area contributed by atoms with Crippen LogP contribution >= 0.6 is 0 Å². The maximum Gasteiger partial charge on any atom is 0.255 e. The Morgan fingerprint density at radius 2 is 2.14 bits per heavy atom. The number of hydrogen-bond acceptors (Lipinski definition) is 7. The second-order valence-electron chi connectivity index (χ2n) is 9.51. The molecule has 1 aromatic carbocycles. The van der Waals surface area contributed by atoms with Crippen LogP contribution in [-0.2, 0) is 4.74 Å². The van der Waals surface area contributed by atoms with Crippen LogP contribution in [0.4, 0.5) is 15.8 Å². The van der Waals surface area contributed by atoms with Gasteiger partial charge in [-0.15, -0.1) is 0 Å². The maximum atomic E-state index is 14.5. The highest BCUT2D eigenvalue weighted by molar-refractivity contribution is 6.09. The van der Waals surface area contributed by atoms with Crippen molar-refractivity contribution in [3.8, 4) is 22.9 Å². The predicted octanol–water partition coefficient (Wildman–Crippen LogP) is 4.28. The molecule has 188 valence electrons. The molecule has 1 aliphatic carbocycles. The molecule has 0 spiro atoms. The summed E-state index contributed by atoms with van der Waals surface area (Å²) >= 11 is 0. The minimum atomic E-state index is -0.501. The van der Waals surface area contributed by atoms with E-state index in [1.54, 1.807) is 24.4 Å². The molecule has 0 unspecified atom stereocenters. The molecule has 7 rings (SSSR count). The van der Waals surface area contributed by atoms with E-state index in [4.69, 9.17) is 19.2 Å². The fourth-order valence-electron chi connectivity index (χ4n) is 5.28. The highest BCUT2D eigenvalue weighted by Gasteiger charge is 2.48. The molecule has 0 radical (unpaired) electrons. The Kier molecular flexibility index (Phi) is 5.03. The average molecular weight is 502 g/mol. The number of rotatable bonds is 6. The van der Waals surface area contributed by atoms with Crippen LogP contribution in [0.5, 0.6) is 11.6 Å². The summed E-state index contributed by atoms with van der Waals surface area (Å²) in [4.78, 5) is 26.0. The molecule has 3 aliphatic rings. The Bertz CT molecular complexity index is 1550. The number of benzene rings is 1. The van der Waals surface area contributed by atoms with Gasteiger partial charge in [0, 0.05) is 41.9 Å². The lowest BCUT2D eigenvalue weighted by Gasteiger charge is -2.17. The first-order valence-corrected chi connectivity index (χ1v) is 12.3. The summed E-state index contributed by atoms with van der Waals surface area (Å²) in [6.07, 6.45) is 3.34. The van der Waals surface area contributed by atoms with Crippen molar-refractivity contribution >= 4 is 28.3 Å². The summed E-state index contributed by atoms with van der Waals surface area (Å²) in [7, 11) is 1.41. The Hall–Kier alpha value is -4.18. The van der Waals surface area contributed by atoms with Gasteiger partial charge in [-0.2, -0.15) is 0 Å². The number of nitrogens with one attached hydrogen (secondary N) is 3. The fourth-order valence-corrected chi connectivity index (χ4v) is 5.28. The second-order valence-corrected chi connectivity index (χ2v) is 9.51. The molecule has 1 saturated carbocycles. The molecule has 37 heavy (non-hydrogen) atoms. The van der Waals surface area contributed by atoms with Gasteiger partial charge in [0.15, 0.2) is 11.6 Å². The van der Waals surface area contributed by atoms with Crippen LogP contribution in [0.3, 0.4) is 0 Å². The molecular formula is C27H24FN5O4. The molecule has 5 heterocycles. The number of halogens is 1. The summed E-state index contributed by atoms with van der Waals surface area (Å²) in [5.74, 6) is 0.0780. The van der Waals surface area contributed by atoms with Crippen molar-refractivity contribution < 1.29 is 23.4 Å². The molecular weight excluding hydrogens is 477 g/mol. The Morgan fingerprint density at radius 1 is 1.22 bits per heavy atom. The van der Waals surface area contributed by atoms with Crippen LogP contribution in [0.2, 0.25) is 0 Å². The molecule has 2 aliphatic heterocycles. The number of nitrogens with zero attached hydrogens (tertiary/aromatic N) is 2. The molecule has 1 saturated heterocycles.